The van der Waals surface area contributed by atoms with Gasteiger partial charge in [0.25, 0.3) is 5.91 Å². The molecule has 1 aromatic rings. The molecule has 17 heavy (non-hydrogen) atoms. The van der Waals surface area contributed by atoms with Gasteiger partial charge in [-0.05, 0) is 6.07 Å². The Bertz CT molecular complexity index is 452. The number of hydrogen-bond donors (Lipinski definition) is 2. The molecule has 0 aromatic heterocycles. The number of ether oxygens (including phenoxy) is 1. The smallest absolute Gasteiger partial charge is 0.339 e. The average molecular weight is 240 g/mol. The van der Waals surface area contributed by atoms with Crippen molar-refractivity contribution in [2.24, 2.45) is 5.73 Å². The van der Waals surface area contributed by atoms with Gasteiger partial charge in [0.15, 0.2) is 6.61 Å². The Morgan fingerprint density at radius 3 is 2.59 bits per heavy atom. The van der Waals surface area contributed by atoms with Crippen LogP contribution < -0.4 is 10.5 Å². The number of carboxylic acid groups (broad SMARTS) is 1. The summed E-state index contributed by atoms with van der Waals surface area (Å²) in [6, 6.07) is 3.41. The van der Waals surface area contributed by atoms with Gasteiger partial charge in [0.05, 0.1) is 4.92 Å². The van der Waals surface area contributed by atoms with Crippen LogP contribution in [0, 0.1) is 10.1 Å². The van der Waals surface area contributed by atoms with Gasteiger partial charge in [-0.1, -0.05) is 6.07 Å². The highest BCUT2D eigenvalue weighted by atomic mass is 16.6. The van der Waals surface area contributed by atoms with Gasteiger partial charge in [-0.25, -0.2) is 4.79 Å². The molecule has 1 aromatic carbocycles. The molecule has 0 aliphatic rings. The lowest BCUT2D eigenvalue weighted by molar-refractivity contribution is -0.385. The summed E-state index contributed by atoms with van der Waals surface area (Å²) in [5.41, 5.74) is 3.87. The van der Waals surface area contributed by atoms with E-state index < -0.39 is 40.4 Å². The number of amides is 1. The van der Waals surface area contributed by atoms with E-state index in [1.54, 1.807) is 0 Å². The van der Waals surface area contributed by atoms with Crippen molar-refractivity contribution in [2.45, 2.75) is 0 Å². The van der Waals surface area contributed by atoms with E-state index in [4.69, 9.17) is 15.6 Å². The van der Waals surface area contributed by atoms with Crippen molar-refractivity contribution >= 4 is 17.6 Å². The van der Waals surface area contributed by atoms with Crippen molar-refractivity contribution in [2.75, 3.05) is 6.61 Å². The molecule has 8 heteroatoms. The van der Waals surface area contributed by atoms with E-state index in [1.807, 2.05) is 0 Å². The molecule has 0 fully saturated rings. The fraction of sp³-hybridized carbons (Fsp3) is 0.111. The van der Waals surface area contributed by atoms with Gasteiger partial charge in [0.2, 0.25) is 5.75 Å². The maximum absolute atomic E-state index is 10.8. The highest BCUT2D eigenvalue weighted by Crippen LogP contribution is 2.30. The van der Waals surface area contributed by atoms with Crippen molar-refractivity contribution in [3.63, 3.8) is 0 Å². The number of carbonyl (C=O) groups excluding carboxylic acids is 1. The predicted molar refractivity (Wildman–Crippen MR) is 54.7 cm³/mol. The van der Waals surface area contributed by atoms with Crippen molar-refractivity contribution in [1.82, 2.24) is 0 Å². The van der Waals surface area contributed by atoms with Crippen molar-refractivity contribution < 1.29 is 24.4 Å². The monoisotopic (exact) mass is 240 g/mol. The summed E-state index contributed by atoms with van der Waals surface area (Å²) in [5, 5.41) is 19.5. The lowest BCUT2D eigenvalue weighted by atomic mass is 10.2. The van der Waals surface area contributed by atoms with E-state index >= 15 is 0 Å². The molecule has 0 saturated heterocycles. The van der Waals surface area contributed by atoms with Gasteiger partial charge >= 0.3 is 11.7 Å². The molecule has 0 aliphatic carbocycles. The Kier molecular flexibility index (Phi) is 3.60. The number of nitrogens with zero attached hydrogens (tertiary/aromatic N) is 1. The molecule has 0 atom stereocenters. The second-order valence-electron chi connectivity index (χ2n) is 2.97. The number of hydrogen-bond acceptors (Lipinski definition) is 5. The number of rotatable bonds is 5. The molecule has 3 N–H and O–H groups in total. The van der Waals surface area contributed by atoms with E-state index in [0.29, 0.717) is 0 Å². The summed E-state index contributed by atoms with van der Waals surface area (Å²) >= 11 is 0. The van der Waals surface area contributed by atoms with E-state index in [9.17, 15) is 19.7 Å². The number of para-hydroxylation sites is 1. The maximum atomic E-state index is 10.8. The Morgan fingerprint density at radius 2 is 2.12 bits per heavy atom. The summed E-state index contributed by atoms with van der Waals surface area (Å²) < 4.78 is 4.76. The molecular weight excluding hydrogens is 232 g/mol. The molecule has 1 amide bonds. The van der Waals surface area contributed by atoms with Gasteiger partial charge in [-0.3, -0.25) is 14.9 Å². The van der Waals surface area contributed by atoms with E-state index in [-0.39, 0.29) is 0 Å². The van der Waals surface area contributed by atoms with Gasteiger partial charge in [0.1, 0.15) is 5.56 Å². The minimum Gasteiger partial charge on any atom is -0.478 e. The molecule has 8 nitrogen and oxygen atoms in total. The van der Waals surface area contributed by atoms with Crippen LogP contribution in [0.2, 0.25) is 0 Å². The average Bonchev–Trinajstić information content (AvgIpc) is 2.25. The predicted octanol–water partition coefficient (Wildman–Crippen LogP) is 0.157. The molecular formula is C9H8N2O6. The second-order valence-corrected chi connectivity index (χ2v) is 2.97. The third-order valence-electron chi connectivity index (χ3n) is 1.78. The number of nitro groups is 1. The van der Waals surface area contributed by atoms with Crippen LogP contribution in [0.15, 0.2) is 18.2 Å². The van der Waals surface area contributed by atoms with Gasteiger partial charge in [-0.15, -0.1) is 0 Å². The molecule has 0 spiro atoms. The van der Waals surface area contributed by atoms with Crippen LogP contribution in [0.4, 0.5) is 5.69 Å². The molecule has 0 unspecified atom stereocenters. The quantitative estimate of drug-likeness (QED) is 0.556. The number of carboxylic acids is 1. The van der Waals surface area contributed by atoms with E-state index in [1.165, 1.54) is 6.07 Å². The lowest BCUT2D eigenvalue weighted by Gasteiger charge is -2.07. The molecule has 0 saturated carbocycles. The number of primary amides is 1. The minimum atomic E-state index is -1.40. The topological polar surface area (TPSA) is 133 Å². The van der Waals surface area contributed by atoms with Gasteiger partial charge in [-0.2, -0.15) is 0 Å². The number of nitrogens with two attached hydrogens (primary N) is 1. The molecule has 0 bridgehead atoms. The Balaban J connectivity index is 3.23. The first kappa shape index (κ1) is 12.4. The van der Waals surface area contributed by atoms with Crippen LogP contribution in [-0.4, -0.2) is 28.5 Å². The lowest BCUT2D eigenvalue weighted by Crippen LogP contribution is -2.21. The highest BCUT2D eigenvalue weighted by molar-refractivity contribution is 5.92. The minimum absolute atomic E-state index is 0.402. The van der Waals surface area contributed by atoms with Gasteiger partial charge < -0.3 is 15.6 Å². The Hall–Kier alpha value is -2.64. The molecule has 1 rings (SSSR count). The Morgan fingerprint density at radius 1 is 1.47 bits per heavy atom. The van der Waals surface area contributed by atoms with Crippen LogP contribution in [0.3, 0.4) is 0 Å². The van der Waals surface area contributed by atoms with Crippen LogP contribution in [0.25, 0.3) is 0 Å². The zero-order valence-corrected chi connectivity index (χ0v) is 8.45. The third kappa shape index (κ3) is 2.91. The zero-order valence-electron chi connectivity index (χ0n) is 8.45. The zero-order chi connectivity index (χ0) is 13.0. The van der Waals surface area contributed by atoms with Crippen LogP contribution in [0.5, 0.6) is 5.75 Å². The first-order chi connectivity index (χ1) is 7.93. The fourth-order valence-corrected chi connectivity index (χ4v) is 1.13. The highest BCUT2D eigenvalue weighted by Gasteiger charge is 2.23. The van der Waals surface area contributed by atoms with Crippen LogP contribution in [0.1, 0.15) is 10.4 Å². The summed E-state index contributed by atoms with van der Waals surface area (Å²) in [6.45, 7) is -0.634. The summed E-state index contributed by atoms with van der Waals surface area (Å²) in [5.74, 6) is -2.74. The summed E-state index contributed by atoms with van der Waals surface area (Å²) in [4.78, 5) is 31.2. The van der Waals surface area contributed by atoms with Crippen LogP contribution in [-0.2, 0) is 4.79 Å². The first-order valence-electron chi connectivity index (χ1n) is 4.35. The summed E-state index contributed by atoms with van der Waals surface area (Å²) in [6.07, 6.45) is 0. The largest absolute Gasteiger partial charge is 0.478 e. The van der Waals surface area contributed by atoms with Crippen molar-refractivity contribution in [1.29, 1.82) is 0 Å². The molecule has 0 radical (unpaired) electrons. The standard InChI is InChI=1S/C9H8N2O6/c10-7(12)4-17-8-5(9(13)14)2-1-3-6(8)11(15)16/h1-3H,4H2,(H2,10,12)(H,13,14). The first-order valence-corrected chi connectivity index (χ1v) is 4.35. The maximum Gasteiger partial charge on any atom is 0.339 e. The molecule has 0 aliphatic heterocycles. The van der Waals surface area contributed by atoms with Crippen molar-refractivity contribution in [3.8, 4) is 5.75 Å². The number of nitro benzene ring substituents is 1. The third-order valence-corrected chi connectivity index (χ3v) is 1.78. The Labute approximate surface area is 94.7 Å². The number of aromatic carboxylic acids is 1. The van der Waals surface area contributed by atoms with E-state index in [2.05, 4.69) is 0 Å². The molecule has 90 valence electrons. The van der Waals surface area contributed by atoms with Gasteiger partial charge in [0, 0.05) is 6.07 Å². The fourth-order valence-electron chi connectivity index (χ4n) is 1.13. The normalized spacial score (nSPS) is 9.65. The second kappa shape index (κ2) is 4.92. The number of benzene rings is 1. The van der Waals surface area contributed by atoms with E-state index in [0.717, 1.165) is 12.1 Å². The number of carbonyl (C=O) groups is 2. The SMILES string of the molecule is NC(=O)COc1c(C(=O)O)cccc1[N+](=O)[O-]. The van der Waals surface area contributed by atoms with Crippen LogP contribution >= 0.6 is 0 Å². The summed E-state index contributed by atoms with van der Waals surface area (Å²) in [7, 11) is 0. The molecule has 0 heterocycles. The van der Waals surface area contributed by atoms with Crippen molar-refractivity contribution in [3.05, 3.63) is 33.9 Å².